The number of hydrogen-bond acceptors (Lipinski definition) is 3. The summed E-state index contributed by atoms with van der Waals surface area (Å²) in [6.07, 6.45) is 0. The van der Waals surface area contributed by atoms with Gasteiger partial charge in [0.25, 0.3) is 5.91 Å². The van der Waals surface area contributed by atoms with E-state index in [2.05, 4.69) is 12.6 Å². The number of amides is 2. The van der Waals surface area contributed by atoms with Crippen LogP contribution in [0, 0.1) is 5.82 Å². The standard InChI is InChI=1S/C14H19FN2O2S/c1-4-17(5-2)13(18)9-16(3)14(19)11-8-10(20)6-7-12(11)15/h6-8,20H,4-5,9H2,1-3H3. The molecular weight excluding hydrogens is 279 g/mol. The van der Waals surface area contributed by atoms with Crippen molar-refractivity contribution in [2.45, 2.75) is 18.7 Å². The Bertz CT molecular complexity index is 504. The first kappa shape index (κ1) is 16.5. The lowest BCUT2D eigenvalue weighted by atomic mass is 10.2. The Labute approximate surface area is 124 Å². The zero-order chi connectivity index (χ0) is 15.3. The van der Waals surface area contributed by atoms with E-state index >= 15 is 0 Å². The number of carbonyl (C=O) groups excluding carboxylic acids is 2. The largest absolute Gasteiger partial charge is 0.342 e. The highest BCUT2D eigenvalue weighted by Gasteiger charge is 2.20. The van der Waals surface area contributed by atoms with E-state index < -0.39 is 11.7 Å². The normalized spacial score (nSPS) is 10.2. The molecule has 20 heavy (non-hydrogen) atoms. The molecule has 1 aromatic carbocycles. The van der Waals surface area contributed by atoms with E-state index in [1.54, 1.807) is 4.90 Å². The molecule has 0 aliphatic heterocycles. The van der Waals surface area contributed by atoms with Gasteiger partial charge in [0.15, 0.2) is 0 Å². The van der Waals surface area contributed by atoms with Crippen molar-refractivity contribution in [3.05, 3.63) is 29.6 Å². The maximum atomic E-state index is 13.6. The van der Waals surface area contributed by atoms with Crippen LogP contribution in [0.1, 0.15) is 24.2 Å². The Morgan fingerprint density at radius 2 is 1.85 bits per heavy atom. The van der Waals surface area contributed by atoms with Crippen LogP contribution in [0.25, 0.3) is 0 Å². The third-order valence-electron chi connectivity index (χ3n) is 3.02. The van der Waals surface area contributed by atoms with Gasteiger partial charge in [0.1, 0.15) is 5.82 Å². The van der Waals surface area contributed by atoms with Crippen molar-refractivity contribution in [3.8, 4) is 0 Å². The van der Waals surface area contributed by atoms with Crippen molar-refractivity contribution in [1.29, 1.82) is 0 Å². The Balaban J connectivity index is 2.82. The van der Waals surface area contributed by atoms with E-state index in [1.165, 1.54) is 30.1 Å². The summed E-state index contributed by atoms with van der Waals surface area (Å²) in [6, 6.07) is 4.02. The Kier molecular flexibility index (Phi) is 6.01. The molecule has 0 heterocycles. The second kappa shape index (κ2) is 7.28. The van der Waals surface area contributed by atoms with E-state index in [9.17, 15) is 14.0 Å². The number of rotatable bonds is 5. The average Bonchev–Trinajstić information content (AvgIpc) is 2.42. The first-order chi connectivity index (χ1) is 9.40. The van der Waals surface area contributed by atoms with Crippen LogP contribution < -0.4 is 0 Å². The van der Waals surface area contributed by atoms with Crippen LogP contribution in [0.4, 0.5) is 4.39 Å². The maximum absolute atomic E-state index is 13.6. The van der Waals surface area contributed by atoms with Gasteiger partial charge in [0.05, 0.1) is 12.1 Å². The third-order valence-corrected chi connectivity index (χ3v) is 3.29. The van der Waals surface area contributed by atoms with Crippen molar-refractivity contribution in [2.24, 2.45) is 0 Å². The zero-order valence-corrected chi connectivity index (χ0v) is 12.8. The minimum atomic E-state index is -0.616. The maximum Gasteiger partial charge on any atom is 0.257 e. The molecule has 110 valence electrons. The summed E-state index contributed by atoms with van der Waals surface area (Å²) in [7, 11) is 1.48. The quantitative estimate of drug-likeness (QED) is 0.845. The van der Waals surface area contributed by atoms with Crippen LogP contribution in [-0.2, 0) is 4.79 Å². The van der Waals surface area contributed by atoms with Crippen LogP contribution in [0.3, 0.4) is 0 Å². The highest BCUT2D eigenvalue weighted by molar-refractivity contribution is 7.80. The predicted octanol–water partition coefficient (Wildman–Crippen LogP) is 2.05. The minimum Gasteiger partial charge on any atom is -0.342 e. The molecule has 0 bridgehead atoms. The van der Waals surface area contributed by atoms with E-state index in [0.717, 1.165) is 0 Å². The average molecular weight is 298 g/mol. The lowest BCUT2D eigenvalue weighted by Gasteiger charge is -2.23. The fourth-order valence-corrected chi connectivity index (χ4v) is 2.04. The summed E-state index contributed by atoms with van der Waals surface area (Å²) in [5.41, 5.74) is -0.0765. The molecule has 0 aliphatic carbocycles. The molecule has 0 aliphatic rings. The molecule has 4 nitrogen and oxygen atoms in total. The first-order valence-electron chi connectivity index (χ1n) is 6.42. The van der Waals surface area contributed by atoms with Crippen molar-refractivity contribution < 1.29 is 14.0 Å². The van der Waals surface area contributed by atoms with Gasteiger partial charge in [-0.1, -0.05) is 0 Å². The summed E-state index contributed by atoms with van der Waals surface area (Å²) in [6.45, 7) is 4.83. The van der Waals surface area contributed by atoms with Gasteiger partial charge >= 0.3 is 0 Å². The molecule has 0 saturated carbocycles. The molecule has 0 atom stereocenters. The van der Waals surface area contributed by atoms with Crippen LogP contribution in [0.2, 0.25) is 0 Å². The van der Waals surface area contributed by atoms with E-state index in [-0.39, 0.29) is 18.0 Å². The van der Waals surface area contributed by atoms with Gasteiger partial charge in [-0.3, -0.25) is 9.59 Å². The number of benzene rings is 1. The number of halogens is 1. The minimum absolute atomic E-state index is 0.0727. The van der Waals surface area contributed by atoms with Gasteiger partial charge < -0.3 is 9.80 Å². The van der Waals surface area contributed by atoms with Crippen LogP contribution in [-0.4, -0.2) is 48.3 Å². The number of thiol groups is 1. The SMILES string of the molecule is CCN(CC)C(=O)CN(C)C(=O)c1cc(S)ccc1F. The van der Waals surface area contributed by atoms with Crippen molar-refractivity contribution in [2.75, 3.05) is 26.7 Å². The lowest BCUT2D eigenvalue weighted by molar-refractivity contribution is -0.131. The third kappa shape index (κ3) is 3.96. The van der Waals surface area contributed by atoms with Gasteiger partial charge in [0.2, 0.25) is 5.91 Å². The molecule has 0 radical (unpaired) electrons. The molecular formula is C14H19FN2O2S. The van der Waals surface area contributed by atoms with E-state index in [4.69, 9.17) is 0 Å². The number of carbonyl (C=O) groups is 2. The molecule has 0 N–H and O–H groups in total. The Hall–Kier alpha value is -1.56. The smallest absolute Gasteiger partial charge is 0.257 e. The molecule has 1 aromatic rings. The van der Waals surface area contributed by atoms with Gasteiger partial charge in [-0.25, -0.2) is 4.39 Å². The molecule has 0 aromatic heterocycles. The van der Waals surface area contributed by atoms with Crippen LogP contribution in [0.5, 0.6) is 0 Å². The van der Waals surface area contributed by atoms with Crippen molar-refractivity contribution in [3.63, 3.8) is 0 Å². The topological polar surface area (TPSA) is 40.6 Å². The van der Waals surface area contributed by atoms with E-state index in [1.807, 2.05) is 13.8 Å². The Morgan fingerprint density at radius 1 is 1.25 bits per heavy atom. The molecule has 2 amide bonds. The second-order valence-corrected chi connectivity index (χ2v) is 4.91. The molecule has 0 spiro atoms. The summed E-state index contributed by atoms with van der Waals surface area (Å²) >= 11 is 4.08. The summed E-state index contributed by atoms with van der Waals surface area (Å²) in [5.74, 6) is -1.30. The lowest BCUT2D eigenvalue weighted by Crippen LogP contribution is -2.41. The van der Waals surface area contributed by atoms with Crippen LogP contribution >= 0.6 is 12.6 Å². The van der Waals surface area contributed by atoms with Crippen molar-refractivity contribution in [1.82, 2.24) is 9.80 Å². The molecule has 0 saturated heterocycles. The van der Waals surface area contributed by atoms with Gasteiger partial charge in [-0.05, 0) is 32.0 Å². The molecule has 1 rings (SSSR count). The summed E-state index contributed by atoms with van der Waals surface area (Å²) in [5, 5.41) is 0. The predicted molar refractivity (Wildman–Crippen MR) is 78.5 cm³/mol. The molecule has 6 heteroatoms. The zero-order valence-electron chi connectivity index (χ0n) is 11.9. The van der Waals surface area contributed by atoms with Crippen LogP contribution in [0.15, 0.2) is 23.1 Å². The number of nitrogens with zero attached hydrogens (tertiary/aromatic N) is 2. The van der Waals surface area contributed by atoms with Gasteiger partial charge in [-0.15, -0.1) is 12.6 Å². The monoisotopic (exact) mass is 298 g/mol. The number of likely N-dealkylation sites (N-methyl/N-ethyl adjacent to an activating group) is 2. The van der Waals surface area contributed by atoms with Gasteiger partial charge in [0, 0.05) is 25.0 Å². The summed E-state index contributed by atoms with van der Waals surface area (Å²) in [4.78, 5) is 27.4. The van der Waals surface area contributed by atoms with E-state index in [0.29, 0.717) is 18.0 Å². The molecule has 0 unspecified atom stereocenters. The number of hydrogen-bond donors (Lipinski definition) is 1. The second-order valence-electron chi connectivity index (χ2n) is 4.39. The molecule has 0 fully saturated rings. The fraction of sp³-hybridized carbons (Fsp3) is 0.429. The Morgan fingerprint density at radius 3 is 2.40 bits per heavy atom. The summed E-state index contributed by atoms with van der Waals surface area (Å²) < 4.78 is 13.6. The highest BCUT2D eigenvalue weighted by Crippen LogP contribution is 2.15. The van der Waals surface area contributed by atoms with Crippen molar-refractivity contribution >= 4 is 24.4 Å². The highest BCUT2D eigenvalue weighted by atomic mass is 32.1. The fourth-order valence-electron chi connectivity index (χ4n) is 1.83. The first-order valence-corrected chi connectivity index (χ1v) is 6.87. The van der Waals surface area contributed by atoms with Gasteiger partial charge in [-0.2, -0.15) is 0 Å².